The summed E-state index contributed by atoms with van der Waals surface area (Å²) in [6.07, 6.45) is 0. The molecule has 0 aliphatic rings. The van der Waals surface area contributed by atoms with Crippen LogP contribution in [0.15, 0.2) is 6.07 Å². The van der Waals surface area contributed by atoms with Gasteiger partial charge >= 0.3 is 0 Å². The van der Waals surface area contributed by atoms with Crippen molar-refractivity contribution in [3.05, 3.63) is 23.3 Å². The minimum Gasteiger partial charge on any atom is -0.396 e. The first-order valence-electron chi connectivity index (χ1n) is 3.03. The summed E-state index contributed by atoms with van der Waals surface area (Å²) in [6.45, 7) is 1.38. The van der Waals surface area contributed by atoms with E-state index in [1.807, 2.05) is 0 Å². The largest absolute Gasteiger partial charge is 0.396 e. The molecule has 1 aromatic carbocycles. The lowest BCUT2D eigenvalue weighted by Crippen LogP contribution is -2.01. The second kappa shape index (κ2) is 2.38. The fourth-order valence-electron chi connectivity index (χ4n) is 0.792. The molecular weight excluding hydrogens is 150 g/mol. The predicted octanol–water partition coefficient (Wildman–Crippen LogP) is 1.44. The average molecular weight is 158 g/mol. The number of benzene rings is 1. The fourth-order valence-corrected chi connectivity index (χ4v) is 0.792. The molecule has 0 radical (unpaired) electrons. The van der Waals surface area contributed by atoms with E-state index in [1.165, 1.54) is 6.92 Å². The predicted molar refractivity (Wildman–Crippen MR) is 39.9 cm³/mol. The number of anilines is 2. The Labute approximate surface area is 62.8 Å². The Morgan fingerprint density at radius 1 is 1.27 bits per heavy atom. The minimum absolute atomic E-state index is 0.0579. The van der Waals surface area contributed by atoms with Crippen LogP contribution in [0.2, 0.25) is 0 Å². The topological polar surface area (TPSA) is 52.0 Å². The molecule has 4 N–H and O–H groups in total. The van der Waals surface area contributed by atoms with Crippen LogP contribution < -0.4 is 11.5 Å². The van der Waals surface area contributed by atoms with Crippen molar-refractivity contribution < 1.29 is 8.78 Å². The Balaban J connectivity index is 3.46. The van der Waals surface area contributed by atoms with Crippen LogP contribution in [-0.4, -0.2) is 0 Å². The highest BCUT2D eigenvalue weighted by molar-refractivity contribution is 5.56. The minimum atomic E-state index is -0.679. The summed E-state index contributed by atoms with van der Waals surface area (Å²) in [5.74, 6) is -1.33. The molecule has 11 heavy (non-hydrogen) atoms. The van der Waals surface area contributed by atoms with E-state index < -0.39 is 11.6 Å². The molecule has 0 bridgehead atoms. The van der Waals surface area contributed by atoms with Crippen molar-refractivity contribution in [3.63, 3.8) is 0 Å². The number of rotatable bonds is 0. The molecule has 0 heterocycles. The molecule has 1 rings (SSSR count). The van der Waals surface area contributed by atoms with Gasteiger partial charge in [-0.15, -0.1) is 0 Å². The third kappa shape index (κ3) is 1.11. The monoisotopic (exact) mass is 158 g/mol. The van der Waals surface area contributed by atoms with E-state index in [9.17, 15) is 8.78 Å². The van der Waals surface area contributed by atoms with Crippen LogP contribution in [0.5, 0.6) is 0 Å². The quantitative estimate of drug-likeness (QED) is 0.561. The molecule has 0 aliphatic heterocycles. The number of hydrogen-bond donors (Lipinski definition) is 2. The molecule has 2 nitrogen and oxygen atoms in total. The Bertz CT molecular complexity index is 271. The van der Waals surface area contributed by atoms with Crippen LogP contribution in [0.4, 0.5) is 20.2 Å². The van der Waals surface area contributed by atoms with Gasteiger partial charge in [-0.2, -0.15) is 0 Å². The zero-order valence-corrected chi connectivity index (χ0v) is 5.99. The van der Waals surface area contributed by atoms with E-state index in [4.69, 9.17) is 11.5 Å². The molecule has 0 unspecified atom stereocenters. The number of halogens is 2. The average Bonchev–Trinajstić information content (AvgIpc) is 1.97. The molecule has 0 spiro atoms. The van der Waals surface area contributed by atoms with Crippen LogP contribution in [0, 0.1) is 18.6 Å². The van der Waals surface area contributed by atoms with Crippen molar-refractivity contribution in [2.45, 2.75) is 6.92 Å². The molecule has 0 atom stereocenters. The zero-order valence-electron chi connectivity index (χ0n) is 5.99. The SMILES string of the molecule is Cc1c(N)c(F)cc(N)c1F. The Hall–Kier alpha value is -1.32. The lowest BCUT2D eigenvalue weighted by Gasteiger charge is -2.04. The maximum atomic E-state index is 12.8. The van der Waals surface area contributed by atoms with Gasteiger partial charge < -0.3 is 11.5 Å². The third-order valence-corrected chi connectivity index (χ3v) is 1.53. The van der Waals surface area contributed by atoms with Crippen LogP contribution in [0.3, 0.4) is 0 Å². The van der Waals surface area contributed by atoms with E-state index in [1.54, 1.807) is 0 Å². The summed E-state index contributed by atoms with van der Waals surface area (Å²) in [7, 11) is 0. The molecule has 4 heteroatoms. The van der Waals surface area contributed by atoms with Gasteiger partial charge in [-0.05, 0) is 6.92 Å². The standard InChI is InChI=1S/C7H8F2N2/c1-3-6(9)5(10)2-4(8)7(3)11/h2H,10-11H2,1H3. The van der Waals surface area contributed by atoms with Crippen LogP contribution >= 0.6 is 0 Å². The molecule has 0 fully saturated rings. The highest BCUT2D eigenvalue weighted by Gasteiger charge is 2.09. The van der Waals surface area contributed by atoms with Crippen LogP contribution in [-0.2, 0) is 0 Å². The summed E-state index contributed by atoms with van der Waals surface area (Å²) in [5, 5.41) is 0. The Kier molecular flexibility index (Phi) is 1.68. The van der Waals surface area contributed by atoms with E-state index in [-0.39, 0.29) is 16.9 Å². The molecule has 0 saturated heterocycles. The first kappa shape index (κ1) is 7.78. The van der Waals surface area contributed by atoms with Gasteiger partial charge in [-0.3, -0.25) is 0 Å². The van der Waals surface area contributed by atoms with Gasteiger partial charge in [-0.1, -0.05) is 0 Å². The number of nitrogen functional groups attached to an aromatic ring is 2. The highest BCUT2D eigenvalue weighted by Crippen LogP contribution is 2.23. The molecule has 0 amide bonds. The maximum Gasteiger partial charge on any atom is 0.151 e. The summed E-state index contributed by atoms with van der Waals surface area (Å²) in [4.78, 5) is 0. The second-order valence-electron chi connectivity index (χ2n) is 2.30. The van der Waals surface area contributed by atoms with Gasteiger partial charge in [-0.25, -0.2) is 8.78 Å². The van der Waals surface area contributed by atoms with Crippen LogP contribution in [0.25, 0.3) is 0 Å². The summed E-state index contributed by atoms with van der Waals surface area (Å²) in [6, 6.07) is 0.873. The van der Waals surface area contributed by atoms with Crippen molar-refractivity contribution in [3.8, 4) is 0 Å². The normalized spacial score (nSPS) is 10.1. The van der Waals surface area contributed by atoms with Gasteiger partial charge in [0.2, 0.25) is 0 Å². The van der Waals surface area contributed by atoms with E-state index >= 15 is 0 Å². The molecular formula is C7H8F2N2. The summed E-state index contributed by atoms with van der Waals surface area (Å²) >= 11 is 0. The smallest absolute Gasteiger partial charge is 0.151 e. The van der Waals surface area contributed by atoms with E-state index in [0.29, 0.717) is 0 Å². The van der Waals surface area contributed by atoms with Crippen molar-refractivity contribution in [2.24, 2.45) is 0 Å². The van der Waals surface area contributed by atoms with E-state index in [0.717, 1.165) is 6.07 Å². The highest BCUT2D eigenvalue weighted by atomic mass is 19.1. The van der Waals surface area contributed by atoms with Crippen LogP contribution in [0.1, 0.15) is 5.56 Å². The summed E-state index contributed by atoms with van der Waals surface area (Å²) < 4.78 is 25.4. The second-order valence-corrected chi connectivity index (χ2v) is 2.30. The zero-order chi connectivity index (χ0) is 8.59. The van der Waals surface area contributed by atoms with E-state index in [2.05, 4.69) is 0 Å². The van der Waals surface area contributed by atoms with Crippen molar-refractivity contribution in [2.75, 3.05) is 11.5 Å². The number of nitrogens with two attached hydrogens (primary N) is 2. The first-order valence-corrected chi connectivity index (χ1v) is 3.03. The third-order valence-electron chi connectivity index (χ3n) is 1.53. The Morgan fingerprint density at radius 2 is 1.82 bits per heavy atom. The molecule has 0 aromatic heterocycles. The molecule has 1 aromatic rings. The summed E-state index contributed by atoms with van der Waals surface area (Å²) in [5.41, 5.74) is 9.96. The van der Waals surface area contributed by atoms with Crippen molar-refractivity contribution in [1.29, 1.82) is 0 Å². The van der Waals surface area contributed by atoms with Gasteiger partial charge in [0.25, 0.3) is 0 Å². The van der Waals surface area contributed by atoms with Gasteiger partial charge in [0.05, 0.1) is 11.4 Å². The first-order chi connectivity index (χ1) is 5.04. The molecule has 0 saturated carbocycles. The van der Waals surface area contributed by atoms with Crippen molar-refractivity contribution >= 4 is 11.4 Å². The van der Waals surface area contributed by atoms with Gasteiger partial charge in [0.15, 0.2) is 5.82 Å². The van der Waals surface area contributed by atoms with Crippen molar-refractivity contribution in [1.82, 2.24) is 0 Å². The Morgan fingerprint density at radius 3 is 2.36 bits per heavy atom. The maximum absolute atomic E-state index is 12.8. The molecule has 60 valence electrons. The molecule has 0 aliphatic carbocycles. The fraction of sp³-hybridized carbons (Fsp3) is 0.143. The number of hydrogen-bond acceptors (Lipinski definition) is 2. The lowest BCUT2D eigenvalue weighted by atomic mass is 10.1. The van der Waals surface area contributed by atoms with Gasteiger partial charge in [0.1, 0.15) is 5.82 Å². The van der Waals surface area contributed by atoms with Gasteiger partial charge in [0, 0.05) is 11.6 Å². The lowest BCUT2D eigenvalue weighted by molar-refractivity contribution is 0.601.